The number of halogens is 3. The van der Waals surface area contributed by atoms with Crippen molar-refractivity contribution in [1.29, 1.82) is 0 Å². The lowest BCUT2D eigenvalue weighted by Gasteiger charge is -2.14. The van der Waals surface area contributed by atoms with E-state index in [9.17, 15) is 27.6 Å². The van der Waals surface area contributed by atoms with Crippen molar-refractivity contribution in [1.82, 2.24) is 13.5 Å². The van der Waals surface area contributed by atoms with Gasteiger partial charge in [0, 0.05) is 24.1 Å². The van der Waals surface area contributed by atoms with Crippen molar-refractivity contribution >= 4 is 27.5 Å². The number of nitrogens with zero attached hydrogens (tertiary/aromatic N) is 3. The van der Waals surface area contributed by atoms with Crippen LogP contribution in [-0.2, 0) is 18.0 Å². The molecule has 0 fully saturated rings. The van der Waals surface area contributed by atoms with Crippen molar-refractivity contribution in [2.45, 2.75) is 13.1 Å². The second kappa shape index (κ2) is 8.45. The van der Waals surface area contributed by atoms with Gasteiger partial charge in [0.25, 0.3) is 11.5 Å². The molecule has 2 N–H and O–H groups in total. The van der Waals surface area contributed by atoms with Crippen LogP contribution in [0.3, 0.4) is 0 Å². The number of benzene rings is 2. The highest BCUT2D eigenvalue weighted by atomic mass is 32.1. The highest BCUT2D eigenvalue weighted by Crippen LogP contribution is 2.35. The predicted octanol–water partition coefficient (Wildman–Crippen LogP) is 3.00. The molecule has 176 valence electrons. The number of rotatable bonds is 5. The zero-order valence-electron chi connectivity index (χ0n) is 17.8. The number of carbonyl (C=O) groups excluding carboxylic acids is 1. The molecular formula is C22H17F3N4O4S. The number of nitrogens with two attached hydrogens (primary N) is 1. The van der Waals surface area contributed by atoms with Gasteiger partial charge in [0.2, 0.25) is 0 Å². The third-order valence-electron chi connectivity index (χ3n) is 5.17. The number of hydrogen-bond acceptors (Lipinski definition) is 6. The van der Waals surface area contributed by atoms with Gasteiger partial charge in [-0.1, -0.05) is 6.07 Å². The Hall–Kier alpha value is -3.93. The van der Waals surface area contributed by atoms with Gasteiger partial charge in [-0.05, 0) is 54.4 Å². The van der Waals surface area contributed by atoms with Crippen LogP contribution in [0.25, 0.3) is 27.0 Å². The Kier molecular flexibility index (Phi) is 5.77. The molecule has 0 radical (unpaired) electrons. The van der Waals surface area contributed by atoms with E-state index in [4.69, 9.17) is 10.5 Å². The van der Waals surface area contributed by atoms with Crippen molar-refractivity contribution < 1.29 is 22.7 Å². The standard InChI is InChI=1S/C22H17F3N4O4S/c1-11-3-5-13(33-10-18(26)30)8-14(11)20-15-7-12(4-6-16(15)34-27-20)29-19(31)9-17(22(23,24)25)28(2)21(29)32/h3-9H,10H2,1-2H3,(H2,26,30). The molecule has 34 heavy (non-hydrogen) atoms. The third-order valence-corrected chi connectivity index (χ3v) is 5.99. The molecule has 0 bridgehead atoms. The van der Waals surface area contributed by atoms with Gasteiger partial charge in [0.15, 0.2) is 6.61 Å². The molecule has 4 rings (SSSR count). The Morgan fingerprint density at radius 1 is 1.15 bits per heavy atom. The first-order chi connectivity index (χ1) is 16.0. The van der Waals surface area contributed by atoms with Crippen molar-refractivity contribution in [3.8, 4) is 22.7 Å². The second-order valence-electron chi connectivity index (χ2n) is 7.49. The number of alkyl halides is 3. The van der Waals surface area contributed by atoms with Crippen molar-refractivity contribution in [3.05, 3.63) is 74.6 Å². The Bertz CT molecular complexity index is 1550. The molecule has 12 heteroatoms. The Morgan fingerprint density at radius 2 is 1.88 bits per heavy atom. The molecule has 0 saturated heterocycles. The maximum atomic E-state index is 13.2. The number of carbonyl (C=O) groups is 1. The Morgan fingerprint density at radius 3 is 2.56 bits per heavy atom. The van der Waals surface area contributed by atoms with Gasteiger partial charge < -0.3 is 10.5 Å². The van der Waals surface area contributed by atoms with Crippen molar-refractivity contribution in [2.24, 2.45) is 12.8 Å². The quantitative estimate of drug-likeness (QED) is 0.463. The molecule has 0 atom stereocenters. The molecule has 2 heterocycles. The molecule has 0 aliphatic heterocycles. The average Bonchev–Trinajstić information content (AvgIpc) is 3.18. The van der Waals surface area contributed by atoms with Crippen LogP contribution in [0.15, 0.2) is 52.1 Å². The fourth-order valence-corrected chi connectivity index (χ4v) is 4.26. The summed E-state index contributed by atoms with van der Waals surface area (Å²) in [6.07, 6.45) is -4.85. The maximum absolute atomic E-state index is 13.2. The first kappa shape index (κ1) is 23.2. The van der Waals surface area contributed by atoms with Gasteiger partial charge in [0.05, 0.1) is 16.1 Å². The summed E-state index contributed by atoms with van der Waals surface area (Å²) in [5.74, 6) is -0.237. The molecule has 1 amide bonds. The average molecular weight is 490 g/mol. The van der Waals surface area contributed by atoms with Gasteiger partial charge >= 0.3 is 11.9 Å². The lowest BCUT2D eigenvalue weighted by Crippen LogP contribution is -2.40. The van der Waals surface area contributed by atoms with Crippen LogP contribution >= 0.6 is 11.5 Å². The summed E-state index contributed by atoms with van der Waals surface area (Å²) in [6.45, 7) is 1.54. The number of primary amides is 1. The van der Waals surface area contributed by atoms with E-state index < -0.39 is 29.0 Å². The number of amides is 1. The molecule has 2 aromatic heterocycles. The van der Waals surface area contributed by atoms with E-state index in [1.54, 1.807) is 24.3 Å². The summed E-state index contributed by atoms with van der Waals surface area (Å²) in [4.78, 5) is 36.2. The van der Waals surface area contributed by atoms with E-state index in [0.717, 1.165) is 17.3 Å². The predicted molar refractivity (Wildman–Crippen MR) is 120 cm³/mol. The molecule has 8 nitrogen and oxygen atoms in total. The molecule has 0 spiro atoms. The number of ether oxygens (including phenoxy) is 1. The van der Waals surface area contributed by atoms with E-state index in [1.807, 2.05) is 6.92 Å². The molecule has 0 unspecified atom stereocenters. The molecule has 4 aromatic rings. The topological polar surface area (TPSA) is 109 Å². The second-order valence-corrected chi connectivity index (χ2v) is 8.29. The summed E-state index contributed by atoms with van der Waals surface area (Å²) in [6, 6.07) is 10.2. The van der Waals surface area contributed by atoms with E-state index in [0.29, 0.717) is 37.6 Å². The molecular weight excluding hydrogens is 473 g/mol. The summed E-state index contributed by atoms with van der Waals surface area (Å²) < 4.78 is 51.2. The van der Waals surface area contributed by atoms with E-state index in [1.165, 1.54) is 23.7 Å². The van der Waals surface area contributed by atoms with Gasteiger partial charge in [-0.15, -0.1) is 0 Å². The molecule has 2 aromatic carbocycles. The largest absolute Gasteiger partial charge is 0.484 e. The lowest BCUT2D eigenvalue weighted by molar-refractivity contribution is -0.144. The Balaban J connectivity index is 1.87. The number of aromatic nitrogens is 3. The molecule has 0 aliphatic carbocycles. The minimum absolute atomic E-state index is 0.104. The zero-order valence-corrected chi connectivity index (χ0v) is 18.7. The highest BCUT2D eigenvalue weighted by Gasteiger charge is 2.35. The minimum atomic E-state index is -4.85. The van der Waals surface area contributed by atoms with Crippen LogP contribution in [0.2, 0.25) is 0 Å². The van der Waals surface area contributed by atoms with Crippen LogP contribution in [0.1, 0.15) is 11.3 Å². The van der Waals surface area contributed by atoms with Gasteiger partial charge in [-0.2, -0.15) is 17.5 Å². The Labute approximate surface area is 193 Å². The first-order valence-electron chi connectivity index (χ1n) is 9.79. The van der Waals surface area contributed by atoms with E-state index >= 15 is 0 Å². The highest BCUT2D eigenvalue weighted by molar-refractivity contribution is 7.13. The summed E-state index contributed by atoms with van der Waals surface area (Å²) in [5.41, 5.74) is 3.72. The van der Waals surface area contributed by atoms with Crippen LogP contribution in [-0.4, -0.2) is 26.0 Å². The maximum Gasteiger partial charge on any atom is 0.431 e. The normalized spacial score (nSPS) is 11.7. The van der Waals surface area contributed by atoms with Gasteiger partial charge in [0.1, 0.15) is 11.4 Å². The van der Waals surface area contributed by atoms with Crippen LogP contribution in [0.5, 0.6) is 5.75 Å². The minimum Gasteiger partial charge on any atom is -0.484 e. The lowest BCUT2D eigenvalue weighted by atomic mass is 10.0. The number of fused-ring (bicyclic) bond motifs is 1. The third kappa shape index (κ3) is 4.19. The van der Waals surface area contributed by atoms with Gasteiger partial charge in [-0.25, -0.2) is 9.36 Å². The van der Waals surface area contributed by atoms with Crippen molar-refractivity contribution in [3.63, 3.8) is 0 Å². The van der Waals surface area contributed by atoms with E-state index in [2.05, 4.69) is 4.37 Å². The SMILES string of the molecule is Cc1ccc(OCC(N)=O)cc1-c1nsc2ccc(-n3c(=O)cc(C(F)(F)F)n(C)c3=O)cc12. The summed E-state index contributed by atoms with van der Waals surface area (Å²) in [5, 5.41) is 0.589. The molecule has 0 aliphatic rings. The number of aryl methyl sites for hydroxylation is 1. The zero-order chi connectivity index (χ0) is 24.8. The van der Waals surface area contributed by atoms with Crippen molar-refractivity contribution in [2.75, 3.05) is 6.61 Å². The van der Waals surface area contributed by atoms with Gasteiger partial charge in [-0.3, -0.25) is 14.2 Å². The monoisotopic (exact) mass is 490 g/mol. The van der Waals surface area contributed by atoms with E-state index in [-0.39, 0.29) is 12.3 Å². The van der Waals surface area contributed by atoms with Crippen LogP contribution in [0, 0.1) is 6.92 Å². The first-order valence-corrected chi connectivity index (χ1v) is 10.6. The smallest absolute Gasteiger partial charge is 0.431 e. The number of hydrogen-bond donors (Lipinski definition) is 1. The fourth-order valence-electron chi connectivity index (χ4n) is 3.50. The summed E-state index contributed by atoms with van der Waals surface area (Å²) >= 11 is 1.18. The van der Waals surface area contributed by atoms with Crippen LogP contribution < -0.4 is 21.7 Å². The molecule has 0 saturated carbocycles. The summed E-state index contributed by atoms with van der Waals surface area (Å²) in [7, 11) is 0.956. The van der Waals surface area contributed by atoms with Crippen LogP contribution in [0.4, 0.5) is 13.2 Å². The fraction of sp³-hybridized carbons (Fsp3) is 0.182.